The number of benzene rings is 1. The smallest absolute Gasteiger partial charge is 0.239 e. The maximum Gasteiger partial charge on any atom is 0.239 e. The van der Waals surface area contributed by atoms with Gasteiger partial charge in [0.25, 0.3) is 0 Å². The van der Waals surface area contributed by atoms with Crippen molar-refractivity contribution >= 4 is 35.8 Å². The minimum absolute atomic E-state index is 0. The number of halogens is 1. The number of carbonyl (C=O) groups is 1. The highest BCUT2D eigenvalue weighted by molar-refractivity contribution is 14.0. The second kappa shape index (κ2) is 10.1. The van der Waals surface area contributed by atoms with E-state index in [0.717, 1.165) is 71.0 Å². The number of fused-ring (bicyclic) bond motifs is 1. The van der Waals surface area contributed by atoms with E-state index in [0.29, 0.717) is 11.8 Å². The molecule has 1 aromatic rings. The molecule has 160 valence electrons. The van der Waals surface area contributed by atoms with E-state index in [9.17, 15) is 4.79 Å². The lowest BCUT2D eigenvalue weighted by molar-refractivity contribution is -0.135. The van der Waals surface area contributed by atoms with Gasteiger partial charge in [0.05, 0.1) is 6.04 Å². The van der Waals surface area contributed by atoms with Crippen molar-refractivity contribution in [3.8, 4) is 0 Å². The van der Waals surface area contributed by atoms with Crippen LogP contribution in [0.4, 0.5) is 0 Å². The van der Waals surface area contributed by atoms with Crippen LogP contribution in [0.5, 0.6) is 0 Å². The standard InChI is InChI=1S/C22H33N5O.HI/c1-17(21(28)26-9-5-6-10-26)25-11-13-27(14-12-25)22(23-2)24-16-19-15-18-7-3-4-8-20(18)19;/h3-4,7-8,17,19H,5-6,9-16H2,1-2H3,(H,23,24);1H. The Hall–Kier alpha value is -1.35. The summed E-state index contributed by atoms with van der Waals surface area (Å²) in [6.45, 7) is 8.53. The molecule has 2 aliphatic heterocycles. The largest absolute Gasteiger partial charge is 0.356 e. The third-order valence-corrected chi connectivity index (χ3v) is 6.62. The molecule has 0 radical (unpaired) electrons. The van der Waals surface area contributed by atoms with Crippen molar-refractivity contribution in [3.05, 3.63) is 35.4 Å². The predicted molar refractivity (Wildman–Crippen MR) is 128 cm³/mol. The van der Waals surface area contributed by atoms with Crippen molar-refractivity contribution in [1.29, 1.82) is 0 Å². The molecule has 2 heterocycles. The van der Waals surface area contributed by atoms with E-state index in [2.05, 4.69) is 51.3 Å². The highest BCUT2D eigenvalue weighted by atomic mass is 127. The van der Waals surface area contributed by atoms with E-state index in [-0.39, 0.29) is 30.0 Å². The molecule has 1 aromatic carbocycles. The second-order valence-corrected chi connectivity index (χ2v) is 8.26. The van der Waals surface area contributed by atoms with E-state index >= 15 is 0 Å². The average molecular weight is 511 g/mol. The maximum atomic E-state index is 12.7. The van der Waals surface area contributed by atoms with Crippen molar-refractivity contribution in [1.82, 2.24) is 20.0 Å². The van der Waals surface area contributed by atoms with Gasteiger partial charge >= 0.3 is 0 Å². The van der Waals surface area contributed by atoms with Crippen LogP contribution in [0, 0.1) is 0 Å². The summed E-state index contributed by atoms with van der Waals surface area (Å²) in [7, 11) is 1.86. The fourth-order valence-electron chi connectivity index (χ4n) is 4.77. The molecular formula is C22H34IN5O. The quantitative estimate of drug-likeness (QED) is 0.383. The van der Waals surface area contributed by atoms with Gasteiger partial charge in [-0.15, -0.1) is 24.0 Å². The molecule has 2 unspecified atom stereocenters. The summed E-state index contributed by atoms with van der Waals surface area (Å²) in [6.07, 6.45) is 3.46. The topological polar surface area (TPSA) is 51.2 Å². The number of nitrogens with one attached hydrogen (secondary N) is 1. The van der Waals surface area contributed by atoms with E-state index in [1.54, 1.807) is 0 Å². The van der Waals surface area contributed by atoms with E-state index in [1.165, 1.54) is 11.1 Å². The lowest BCUT2D eigenvalue weighted by atomic mass is 9.78. The highest BCUT2D eigenvalue weighted by Crippen LogP contribution is 2.34. The lowest BCUT2D eigenvalue weighted by Gasteiger charge is -2.40. The summed E-state index contributed by atoms with van der Waals surface area (Å²) >= 11 is 0. The zero-order valence-corrected chi connectivity index (χ0v) is 20.0. The number of hydrogen-bond acceptors (Lipinski definition) is 3. The SMILES string of the molecule is CN=C(NCC1Cc2ccccc21)N1CCN(C(C)C(=O)N2CCCC2)CC1.I. The molecular weight excluding hydrogens is 477 g/mol. The Kier molecular flexibility index (Phi) is 7.79. The highest BCUT2D eigenvalue weighted by Gasteiger charge is 2.31. The number of amides is 1. The molecule has 1 aliphatic carbocycles. The fraction of sp³-hybridized carbons (Fsp3) is 0.636. The molecule has 0 saturated carbocycles. The molecule has 0 bridgehead atoms. The number of nitrogens with zero attached hydrogens (tertiary/aromatic N) is 4. The molecule has 7 heteroatoms. The molecule has 1 N–H and O–H groups in total. The zero-order chi connectivity index (χ0) is 19.5. The van der Waals surface area contributed by atoms with Crippen LogP contribution in [-0.4, -0.2) is 85.5 Å². The molecule has 4 rings (SSSR count). The summed E-state index contributed by atoms with van der Waals surface area (Å²) in [5.41, 5.74) is 2.96. The Morgan fingerprint density at radius 3 is 2.45 bits per heavy atom. The Morgan fingerprint density at radius 1 is 1.10 bits per heavy atom. The van der Waals surface area contributed by atoms with Crippen LogP contribution >= 0.6 is 24.0 Å². The van der Waals surface area contributed by atoms with Gasteiger partial charge in [-0.05, 0) is 37.3 Å². The lowest BCUT2D eigenvalue weighted by Crippen LogP contribution is -2.57. The van der Waals surface area contributed by atoms with E-state index < -0.39 is 0 Å². The van der Waals surface area contributed by atoms with E-state index in [1.807, 2.05) is 11.9 Å². The number of hydrogen-bond donors (Lipinski definition) is 1. The van der Waals surface area contributed by atoms with Crippen LogP contribution in [0.1, 0.15) is 36.8 Å². The number of guanidine groups is 1. The summed E-state index contributed by atoms with van der Waals surface area (Å²) in [5.74, 6) is 1.88. The first kappa shape index (κ1) is 22.3. The van der Waals surface area contributed by atoms with Gasteiger partial charge in [0.15, 0.2) is 5.96 Å². The maximum absolute atomic E-state index is 12.7. The summed E-state index contributed by atoms with van der Waals surface area (Å²) in [6, 6.07) is 8.71. The number of piperazine rings is 1. The number of carbonyl (C=O) groups excluding carboxylic acids is 1. The minimum Gasteiger partial charge on any atom is -0.356 e. The number of likely N-dealkylation sites (tertiary alicyclic amines) is 1. The van der Waals surface area contributed by atoms with Gasteiger partial charge in [-0.1, -0.05) is 24.3 Å². The Bertz CT molecular complexity index is 726. The first-order valence-electron chi connectivity index (χ1n) is 10.7. The van der Waals surface area contributed by atoms with Crippen molar-refractivity contribution in [3.63, 3.8) is 0 Å². The van der Waals surface area contributed by atoms with Crippen molar-refractivity contribution in [2.75, 3.05) is 52.9 Å². The molecule has 6 nitrogen and oxygen atoms in total. The van der Waals surface area contributed by atoms with Gasteiger partial charge in [0, 0.05) is 58.8 Å². The second-order valence-electron chi connectivity index (χ2n) is 8.26. The van der Waals surface area contributed by atoms with Gasteiger partial charge in [0.2, 0.25) is 5.91 Å². The minimum atomic E-state index is -0.0123. The number of aliphatic imine (C=N–C) groups is 1. The van der Waals surface area contributed by atoms with Crippen molar-refractivity contribution < 1.29 is 4.79 Å². The fourth-order valence-corrected chi connectivity index (χ4v) is 4.77. The van der Waals surface area contributed by atoms with Crippen LogP contribution in [0.15, 0.2) is 29.3 Å². The molecule has 2 atom stereocenters. The van der Waals surface area contributed by atoms with Crippen molar-refractivity contribution in [2.24, 2.45) is 4.99 Å². The summed E-state index contributed by atoms with van der Waals surface area (Å²) < 4.78 is 0. The third-order valence-electron chi connectivity index (χ3n) is 6.62. The normalized spacial score (nSPS) is 23.1. The van der Waals surface area contributed by atoms with Gasteiger partial charge in [-0.3, -0.25) is 14.7 Å². The molecule has 1 amide bonds. The first-order valence-corrected chi connectivity index (χ1v) is 10.7. The summed E-state index contributed by atoms with van der Waals surface area (Å²) in [5, 5.41) is 3.58. The van der Waals surface area contributed by atoms with Gasteiger partial charge in [-0.25, -0.2) is 0 Å². The number of rotatable bonds is 4. The van der Waals surface area contributed by atoms with E-state index in [4.69, 9.17) is 0 Å². The van der Waals surface area contributed by atoms with Crippen LogP contribution in [0.25, 0.3) is 0 Å². The molecule has 0 spiro atoms. The first-order chi connectivity index (χ1) is 13.7. The average Bonchev–Trinajstić information content (AvgIpc) is 3.25. The Labute approximate surface area is 191 Å². The molecule has 29 heavy (non-hydrogen) atoms. The third kappa shape index (κ3) is 4.87. The molecule has 0 aromatic heterocycles. The van der Waals surface area contributed by atoms with Gasteiger partial charge in [-0.2, -0.15) is 0 Å². The van der Waals surface area contributed by atoms with Crippen LogP contribution < -0.4 is 5.32 Å². The predicted octanol–water partition coefficient (Wildman–Crippen LogP) is 2.15. The Morgan fingerprint density at radius 2 is 1.79 bits per heavy atom. The summed E-state index contributed by atoms with van der Waals surface area (Å²) in [4.78, 5) is 23.9. The van der Waals surface area contributed by atoms with Crippen LogP contribution in [0.2, 0.25) is 0 Å². The van der Waals surface area contributed by atoms with Crippen LogP contribution in [0.3, 0.4) is 0 Å². The van der Waals surface area contributed by atoms with Gasteiger partial charge in [0.1, 0.15) is 0 Å². The van der Waals surface area contributed by atoms with Crippen LogP contribution in [-0.2, 0) is 11.2 Å². The Balaban J connectivity index is 0.00000240. The molecule has 2 fully saturated rings. The monoisotopic (exact) mass is 511 g/mol. The molecule has 3 aliphatic rings. The zero-order valence-electron chi connectivity index (χ0n) is 17.6. The van der Waals surface area contributed by atoms with Gasteiger partial charge < -0.3 is 15.1 Å². The van der Waals surface area contributed by atoms with Crippen molar-refractivity contribution in [2.45, 2.75) is 38.1 Å². The molecule has 2 saturated heterocycles.